The van der Waals surface area contributed by atoms with E-state index >= 15 is 0 Å². The second-order valence-corrected chi connectivity index (χ2v) is 11.5. The number of hydrogen-bond donors (Lipinski definition) is 0. The number of hydrogen-bond acceptors (Lipinski definition) is 8. The normalized spacial score (nSPS) is 17.9. The molecule has 4 aromatic rings. The zero-order valence-electron chi connectivity index (χ0n) is 19.5. The lowest BCUT2D eigenvalue weighted by atomic mass is 9.90. The van der Waals surface area contributed by atoms with E-state index in [0.29, 0.717) is 6.61 Å². The van der Waals surface area contributed by atoms with E-state index in [0.717, 1.165) is 70.8 Å². The van der Waals surface area contributed by atoms with Crippen LogP contribution in [0.25, 0.3) is 20.4 Å². The van der Waals surface area contributed by atoms with E-state index < -0.39 is 0 Å². The summed E-state index contributed by atoms with van der Waals surface area (Å²) in [6, 6.07) is 10.6. The van der Waals surface area contributed by atoms with Crippen LogP contribution in [0.2, 0.25) is 0 Å². The van der Waals surface area contributed by atoms with E-state index in [9.17, 15) is 0 Å². The SMILES string of the molecule is CC1(C)Cc2c(c(N3CCOCC3)nc3sc4c(SCCc5ccccc5)ncnc4c23)CO1. The molecule has 6 nitrogen and oxygen atoms in total. The second-order valence-electron chi connectivity index (χ2n) is 9.44. The Bertz CT molecular complexity index is 1330. The molecule has 5 heterocycles. The molecule has 34 heavy (non-hydrogen) atoms. The molecule has 0 unspecified atom stereocenters. The Balaban J connectivity index is 1.43. The average Bonchev–Trinajstić information content (AvgIpc) is 3.24. The first-order chi connectivity index (χ1) is 16.6. The summed E-state index contributed by atoms with van der Waals surface area (Å²) in [4.78, 5) is 18.0. The van der Waals surface area contributed by atoms with Crippen LogP contribution in [-0.2, 0) is 28.9 Å². The highest BCUT2D eigenvalue weighted by Crippen LogP contribution is 2.44. The summed E-state index contributed by atoms with van der Waals surface area (Å²) < 4.78 is 13.0. The third kappa shape index (κ3) is 4.17. The number of anilines is 1. The van der Waals surface area contributed by atoms with Crippen molar-refractivity contribution in [2.24, 2.45) is 0 Å². The molecule has 0 amide bonds. The van der Waals surface area contributed by atoms with Crippen molar-refractivity contribution in [2.75, 3.05) is 37.0 Å². The fourth-order valence-corrected chi connectivity index (χ4v) is 7.04. The number of fused-ring (bicyclic) bond motifs is 5. The quantitative estimate of drug-likeness (QED) is 0.278. The molecule has 1 fully saturated rings. The molecule has 0 aliphatic carbocycles. The molecule has 2 aliphatic heterocycles. The zero-order valence-corrected chi connectivity index (χ0v) is 21.2. The standard InChI is InChI=1S/C26H28N4O2S2/c1-26(2)14-18-19(15-32-26)23(30-9-11-31-12-10-30)29-24-20(18)21-22(34-24)25(28-16-27-21)33-13-8-17-6-4-3-5-7-17/h3-7,16H,8-15H2,1-2H3. The lowest BCUT2D eigenvalue weighted by molar-refractivity contribution is -0.0396. The van der Waals surface area contributed by atoms with Gasteiger partial charge in [0, 0.05) is 36.2 Å². The van der Waals surface area contributed by atoms with Gasteiger partial charge < -0.3 is 14.4 Å². The van der Waals surface area contributed by atoms with Crippen molar-refractivity contribution in [3.8, 4) is 0 Å². The van der Waals surface area contributed by atoms with Gasteiger partial charge in [0.05, 0.1) is 35.6 Å². The van der Waals surface area contributed by atoms with Crippen molar-refractivity contribution >= 4 is 49.3 Å². The fraction of sp³-hybridized carbons (Fsp3) is 0.423. The van der Waals surface area contributed by atoms with E-state index in [-0.39, 0.29) is 5.60 Å². The maximum atomic E-state index is 6.25. The van der Waals surface area contributed by atoms with Crippen LogP contribution in [0.3, 0.4) is 0 Å². The number of aromatic nitrogens is 3. The fourth-order valence-electron chi connectivity index (χ4n) is 4.82. The maximum Gasteiger partial charge on any atom is 0.136 e. The molecule has 0 atom stereocenters. The Hall–Kier alpha value is -2.26. The molecule has 2 aliphatic rings. The lowest BCUT2D eigenvalue weighted by Gasteiger charge is -2.36. The van der Waals surface area contributed by atoms with Crippen LogP contribution in [0.1, 0.15) is 30.5 Å². The van der Waals surface area contributed by atoms with Gasteiger partial charge in [-0.2, -0.15) is 0 Å². The molecule has 3 aromatic heterocycles. The summed E-state index contributed by atoms with van der Waals surface area (Å²) in [5.74, 6) is 2.04. The first-order valence-electron chi connectivity index (χ1n) is 11.8. The Labute approximate surface area is 207 Å². The molecule has 1 aromatic carbocycles. The highest BCUT2D eigenvalue weighted by Gasteiger charge is 2.33. The van der Waals surface area contributed by atoms with Gasteiger partial charge in [-0.05, 0) is 31.4 Å². The summed E-state index contributed by atoms with van der Waals surface area (Å²) in [6.45, 7) is 8.12. The van der Waals surface area contributed by atoms with Crippen LogP contribution in [-0.4, -0.2) is 52.6 Å². The molecular weight excluding hydrogens is 464 g/mol. The molecule has 0 radical (unpaired) electrons. The molecule has 0 bridgehead atoms. The Morgan fingerprint density at radius 3 is 2.74 bits per heavy atom. The van der Waals surface area contributed by atoms with Crippen molar-refractivity contribution in [2.45, 2.75) is 43.9 Å². The van der Waals surface area contributed by atoms with Crippen molar-refractivity contribution < 1.29 is 9.47 Å². The number of thioether (sulfide) groups is 1. The van der Waals surface area contributed by atoms with Crippen LogP contribution in [0.4, 0.5) is 5.82 Å². The average molecular weight is 493 g/mol. The highest BCUT2D eigenvalue weighted by molar-refractivity contribution is 7.99. The smallest absolute Gasteiger partial charge is 0.136 e. The molecule has 8 heteroatoms. The van der Waals surface area contributed by atoms with Crippen LogP contribution < -0.4 is 4.90 Å². The minimum absolute atomic E-state index is 0.210. The predicted octanol–water partition coefficient (Wildman–Crippen LogP) is 5.26. The predicted molar refractivity (Wildman–Crippen MR) is 139 cm³/mol. The van der Waals surface area contributed by atoms with Gasteiger partial charge in [0.15, 0.2) is 0 Å². The minimum atomic E-state index is -0.210. The van der Waals surface area contributed by atoms with E-state index in [1.54, 1.807) is 17.7 Å². The van der Waals surface area contributed by atoms with E-state index in [1.807, 2.05) is 11.8 Å². The molecule has 6 rings (SSSR count). The number of pyridine rings is 1. The van der Waals surface area contributed by atoms with Crippen molar-refractivity contribution in [1.29, 1.82) is 0 Å². The van der Waals surface area contributed by atoms with Gasteiger partial charge in [0.2, 0.25) is 0 Å². The first kappa shape index (κ1) is 22.2. The topological polar surface area (TPSA) is 60.4 Å². The third-order valence-corrected chi connectivity index (χ3v) is 8.76. The van der Waals surface area contributed by atoms with Crippen LogP contribution in [0.5, 0.6) is 0 Å². The molecule has 176 valence electrons. The number of aryl methyl sites for hydroxylation is 1. The Morgan fingerprint density at radius 1 is 1.09 bits per heavy atom. The van der Waals surface area contributed by atoms with Gasteiger partial charge in [0.25, 0.3) is 0 Å². The number of ether oxygens (including phenoxy) is 2. The van der Waals surface area contributed by atoms with Gasteiger partial charge in [-0.1, -0.05) is 30.3 Å². The van der Waals surface area contributed by atoms with Gasteiger partial charge in [-0.15, -0.1) is 23.1 Å². The van der Waals surface area contributed by atoms with Gasteiger partial charge in [-0.25, -0.2) is 15.0 Å². The molecular formula is C26H28N4O2S2. The molecule has 0 spiro atoms. The summed E-state index contributed by atoms with van der Waals surface area (Å²) >= 11 is 3.54. The number of benzene rings is 1. The van der Waals surface area contributed by atoms with E-state index in [4.69, 9.17) is 19.4 Å². The lowest BCUT2D eigenvalue weighted by Crippen LogP contribution is -2.39. The Morgan fingerprint density at radius 2 is 1.91 bits per heavy atom. The van der Waals surface area contributed by atoms with E-state index in [2.05, 4.69) is 54.1 Å². The number of nitrogens with zero attached hydrogens (tertiary/aromatic N) is 4. The van der Waals surface area contributed by atoms with Crippen LogP contribution >= 0.6 is 23.1 Å². The van der Waals surface area contributed by atoms with E-state index in [1.165, 1.54) is 22.1 Å². The second kappa shape index (κ2) is 9.07. The number of rotatable bonds is 5. The molecule has 0 saturated carbocycles. The monoisotopic (exact) mass is 492 g/mol. The molecule has 1 saturated heterocycles. The van der Waals surface area contributed by atoms with Crippen molar-refractivity contribution in [1.82, 2.24) is 15.0 Å². The van der Waals surface area contributed by atoms with Crippen LogP contribution in [0.15, 0.2) is 41.7 Å². The van der Waals surface area contributed by atoms with Crippen molar-refractivity contribution in [3.63, 3.8) is 0 Å². The summed E-state index contributed by atoms with van der Waals surface area (Å²) in [5.41, 5.74) is 4.73. The summed E-state index contributed by atoms with van der Waals surface area (Å²) in [6.07, 6.45) is 3.58. The minimum Gasteiger partial charge on any atom is -0.378 e. The zero-order chi connectivity index (χ0) is 23.1. The largest absolute Gasteiger partial charge is 0.378 e. The number of thiophene rings is 1. The summed E-state index contributed by atoms with van der Waals surface area (Å²) in [5, 5.41) is 2.24. The Kier molecular flexibility index (Phi) is 5.93. The van der Waals surface area contributed by atoms with Gasteiger partial charge in [-0.3, -0.25) is 0 Å². The molecule has 0 N–H and O–H groups in total. The summed E-state index contributed by atoms with van der Waals surface area (Å²) in [7, 11) is 0. The maximum absolute atomic E-state index is 6.25. The first-order valence-corrected chi connectivity index (χ1v) is 13.6. The highest BCUT2D eigenvalue weighted by atomic mass is 32.2. The van der Waals surface area contributed by atoms with Crippen LogP contribution in [0, 0.1) is 0 Å². The van der Waals surface area contributed by atoms with Gasteiger partial charge in [0.1, 0.15) is 22.0 Å². The third-order valence-electron chi connectivity index (χ3n) is 6.56. The van der Waals surface area contributed by atoms with Gasteiger partial charge >= 0.3 is 0 Å². The van der Waals surface area contributed by atoms with Crippen molar-refractivity contribution in [3.05, 3.63) is 53.3 Å². The number of morpholine rings is 1.